The molecule has 0 fully saturated rings. The van der Waals surface area contributed by atoms with Crippen molar-refractivity contribution in [2.75, 3.05) is 27.9 Å². The highest BCUT2D eigenvalue weighted by Crippen LogP contribution is 2.28. The summed E-state index contributed by atoms with van der Waals surface area (Å²) in [6, 6.07) is 12.7. The molecule has 2 rings (SSSR count). The van der Waals surface area contributed by atoms with Gasteiger partial charge in [-0.3, -0.25) is 9.59 Å². The summed E-state index contributed by atoms with van der Waals surface area (Å²) in [4.78, 5) is 28.1. The molecule has 2 aromatic carbocycles. The van der Waals surface area contributed by atoms with Gasteiger partial charge in [-0.1, -0.05) is 39.0 Å². The lowest BCUT2D eigenvalue weighted by atomic mass is 10.1. The van der Waals surface area contributed by atoms with Gasteiger partial charge < -0.3 is 24.4 Å². The minimum absolute atomic E-state index is 0.0795. The zero-order valence-corrected chi connectivity index (χ0v) is 21.2. The van der Waals surface area contributed by atoms with Gasteiger partial charge in [0.25, 0.3) is 0 Å². The number of amides is 2. The molecule has 0 aliphatic heterocycles. The molecule has 1 N–H and O–H groups in total. The van der Waals surface area contributed by atoms with Gasteiger partial charge in [0, 0.05) is 19.5 Å². The van der Waals surface area contributed by atoms with Crippen molar-refractivity contribution < 1.29 is 23.8 Å². The first kappa shape index (κ1) is 27.0. The molecule has 0 radical (unpaired) electrons. The first-order chi connectivity index (χ1) is 16.3. The molecule has 186 valence electrons. The number of nitrogens with zero attached hydrogens (tertiary/aromatic N) is 1. The first-order valence-corrected chi connectivity index (χ1v) is 11.7. The standard InChI is InChI=1S/C27H38N2O5/c1-7-23(27(31)28-17-19(2)3)29(18-21-9-8-10-22(15-21)32-4)26(30)14-12-20-11-13-24(33-5)25(16-20)34-6/h8-11,13,15-16,19,23H,7,12,14,17-18H2,1-6H3,(H,28,31)/t23-/m1/s1. The quantitative estimate of drug-likeness (QED) is 0.474. The van der Waals surface area contributed by atoms with Crippen molar-refractivity contribution >= 4 is 11.8 Å². The second kappa shape index (κ2) is 13.5. The van der Waals surface area contributed by atoms with Gasteiger partial charge in [-0.2, -0.15) is 0 Å². The highest BCUT2D eigenvalue weighted by atomic mass is 16.5. The topological polar surface area (TPSA) is 77.1 Å². The summed E-state index contributed by atoms with van der Waals surface area (Å²) in [7, 11) is 4.79. The zero-order chi connectivity index (χ0) is 25.1. The Morgan fingerprint density at radius 3 is 2.29 bits per heavy atom. The van der Waals surface area contributed by atoms with Crippen LogP contribution in [0.1, 0.15) is 44.7 Å². The van der Waals surface area contributed by atoms with E-state index in [2.05, 4.69) is 5.32 Å². The Morgan fingerprint density at radius 1 is 0.941 bits per heavy atom. The van der Waals surface area contributed by atoms with Crippen LogP contribution in [0.5, 0.6) is 17.2 Å². The number of hydrogen-bond acceptors (Lipinski definition) is 5. The number of carbonyl (C=O) groups is 2. The molecule has 0 bridgehead atoms. The number of benzene rings is 2. The lowest BCUT2D eigenvalue weighted by Crippen LogP contribution is -2.49. The summed E-state index contributed by atoms with van der Waals surface area (Å²) < 4.78 is 16.0. The average molecular weight is 471 g/mol. The van der Waals surface area contributed by atoms with E-state index in [9.17, 15) is 9.59 Å². The van der Waals surface area contributed by atoms with Crippen LogP contribution < -0.4 is 19.5 Å². The molecule has 2 aromatic rings. The molecule has 7 nitrogen and oxygen atoms in total. The smallest absolute Gasteiger partial charge is 0.242 e. The predicted octanol–water partition coefficient (Wildman–Crippen LogP) is 4.22. The number of carbonyl (C=O) groups excluding carboxylic acids is 2. The molecule has 0 spiro atoms. The molecule has 0 saturated carbocycles. The Kier molecular flexibility index (Phi) is 10.7. The van der Waals surface area contributed by atoms with Crippen molar-refractivity contribution in [1.82, 2.24) is 10.2 Å². The summed E-state index contributed by atoms with van der Waals surface area (Å²) in [5.74, 6) is 2.11. The highest BCUT2D eigenvalue weighted by molar-refractivity contribution is 5.87. The van der Waals surface area contributed by atoms with Gasteiger partial charge in [0.2, 0.25) is 11.8 Å². The largest absolute Gasteiger partial charge is 0.497 e. The third-order valence-corrected chi connectivity index (χ3v) is 5.63. The monoisotopic (exact) mass is 470 g/mol. The maximum Gasteiger partial charge on any atom is 0.242 e. The Hall–Kier alpha value is -3.22. The van der Waals surface area contributed by atoms with Crippen LogP contribution in [-0.2, 0) is 22.6 Å². The molecule has 1 atom stereocenters. The van der Waals surface area contributed by atoms with Gasteiger partial charge in [-0.25, -0.2) is 0 Å². The summed E-state index contributed by atoms with van der Waals surface area (Å²) >= 11 is 0. The number of ether oxygens (including phenoxy) is 3. The van der Waals surface area contributed by atoms with E-state index in [-0.39, 0.29) is 18.2 Å². The van der Waals surface area contributed by atoms with Crippen molar-refractivity contribution in [2.45, 2.75) is 52.6 Å². The molecular weight excluding hydrogens is 432 g/mol. The molecule has 0 saturated heterocycles. The molecule has 0 unspecified atom stereocenters. The zero-order valence-electron chi connectivity index (χ0n) is 21.2. The van der Waals surface area contributed by atoms with E-state index >= 15 is 0 Å². The van der Waals surface area contributed by atoms with Crippen LogP contribution in [0.4, 0.5) is 0 Å². The SMILES string of the molecule is CC[C@H](C(=O)NCC(C)C)N(Cc1cccc(OC)c1)C(=O)CCc1ccc(OC)c(OC)c1. The minimum atomic E-state index is -0.553. The summed E-state index contributed by atoms with van der Waals surface area (Å²) in [5, 5.41) is 2.99. The van der Waals surface area contributed by atoms with Crippen LogP contribution in [0.25, 0.3) is 0 Å². The molecule has 2 amide bonds. The lowest BCUT2D eigenvalue weighted by Gasteiger charge is -2.31. The summed E-state index contributed by atoms with van der Waals surface area (Å²) in [5.41, 5.74) is 1.87. The third-order valence-electron chi connectivity index (χ3n) is 5.63. The van der Waals surface area contributed by atoms with Crippen LogP contribution in [0.2, 0.25) is 0 Å². The van der Waals surface area contributed by atoms with Crippen LogP contribution in [0.3, 0.4) is 0 Å². The van der Waals surface area contributed by atoms with Gasteiger partial charge in [0.1, 0.15) is 11.8 Å². The highest BCUT2D eigenvalue weighted by Gasteiger charge is 2.28. The van der Waals surface area contributed by atoms with E-state index in [4.69, 9.17) is 14.2 Å². The molecule has 0 aliphatic rings. The Balaban J connectivity index is 2.24. The second-order valence-corrected chi connectivity index (χ2v) is 8.63. The minimum Gasteiger partial charge on any atom is -0.497 e. The van der Waals surface area contributed by atoms with E-state index < -0.39 is 6.04 Å². The maximum atomic E-state index is 13.5. The van der Waals surface area contributed by atoms with Gasteiger partial charge >= 0.3 is 0 Å². The van der Waals surface area contributed by atoms with Crippen molar-refractivity contribution in [3.8, 4) is 17.2 Å². The number of aryl methyl sites for hydroxylation is 1. The Bertz CT molecular complexity index is 944. The maximum absolute atomic E-state index is 13.5. The fourth-order valence-electron chi connectivity index (χ4n) is 3.74. The molecular formula is C27H38N2O5. The fraction of sp³-hybridized carbons (Fsp3) is 0.481. The normalized spacial score (nSPS) is 11.6. The van der Waals surface area contributed by atoms with Crippen LogP contribution in [0, 0.1) is 5.92 Å². The van der Waals surface area contributed by atoms with Crippen molar-refractivity contribution in [3.05, 3.63) is 53.6 Å². The van der Waals surface area contributed by atoms with Crippen molar-refractivity contribution in [3.63, 3.8) is 0 Å². The van der Waals surface area contributed by atoms with Crippen molar-refractivity contribution in [2.24, 2.45) is 5.92 Å². The molecule has 34 heavy (non-hydrogen) atoms. The Morgan fingerprint density at radius 2 is 1.68 bits per heavy atom. The predicted molar refractivity (Wildman–Crippen MR) is 133 cm³/mol. The van der Waals surface area contributed by atoms with Gasteiger partial charge in [0.05, 0.1) is 21.3 Å². The number of methoxy groups -OCH3 is 3. The third kappa shape index (κ3) is 7.68. The fourth-order valence-corrected chi connectivity index (χ4v) is 3.74. The number of nitrogens with one attached hydrogen (secondary N) is 1. The van der Waals surface area contributed by atoms with Crippen molar-refractivity contribution in [1.29, 1.82) is 0 Å². The molecule has 0 heterocycles. The van der Waals surface area contributed by atoms with E-state index in [0.717, 1.165) is 11.1 Å². The van der Waals surface area contributed by atoms with Gasteiger partial charge in [0.15, 0.2) is 11.5 Å². The average Bonchev–Trinajstić information content (AvgIpc) is 2.85. The van der Waals surface area contributed by atoms with Crippen LogP contribution in [-0.4, -0.2) is 50.6 Å². The van der Waals surface area contributed by atoms with Crippen LogP contribution >= 0.6 is 0 Å². The first-order valence-electron chi connectivity index (χ1n) is 11.7. The van der Waals surface area contributed by atoms with E-state index in [0.29, 0.717) is 49.1 Å². The molecule has 7 heteroatoms. The van der Waals surface area contributed by atoms with E-state index in [1.807, 2.05) is 63.2 Å². The Labute approximate surface area is 203 Å². The van der Waals surface area contributed by atoms with Gasteiger partial charge in [-0.05, 0) is 54.2 Å². The van der Waals surface area contributed by atoms with E-state index in [1.54, 1.807) is 26.2 Å². The van der Waals surface area contributed by atoms with Gasteiger partial charge in [-0.15, -0.1) is 0 Å². The molecule has 0 aromatic heterocycles. The number of rotatable bonds is 13. The molecule has 0 aliphatic carbocycles. The van der Waals surface area contributed by atoms with E-state index in [1.165, 1.54) is 0 Å². The second-order valence-electron chi connectivity index (χ2n) is 8.63. The number of hydrogen-bond donors (Lipinski definition) is 1. The lowest BCUT2D eigenvalue weighted by molar-refractivity contribution is -0.141. The van der Waals surface area contributed by atoms with Crippen LogP contribution in [0.15, 0.2) is 42.5 Å². The summed E-state index contributed by atoms with van der Waals surface area (Å²) in [6.07, 6.45) is 1.32. The summed E-state index contributed by atoms with van der Waals surface area (Å²) in [6.45, 7) is 6.92.